The van der Waals surface area contributed by atoms with E-state index in [1.54, 1.807) is 0 Å². The minimum absolute atomic E-state index is 0.115. The second-order valence-electron chi connectivity index (χ2n) is 7.80. The molecule has 1 saturated heterocycles. The van der Waals surface area contributed by atoms with Crippen molar-refractivity contribution in [1.82, 2.24) is 9.21 Å². The van der Waals surface area contributed by atoms with Gasteiger partial charge in [-0.1, -0.05) is 0 Å². The number of halogens is 3. The van der Waals surface area contributed by atoms with Gasteiger partial charge >= 0.3 is 6.18 Å². The van der Waals surface area contributed by atoms with Crippen LogP contribution in [0.25, 0.3) is 0 Å². The first-order valence-corrected chi connectivity index (χ1v) is 11.7. The highest BCUT2D eigenvalue weighted by Crippen LogP contribution is 2.32. The quantitative estimate of drug-likeness (QED) is 0.639. The van der Waals surface area contributed by atoms with Crippen molar-refractivity contribution in [2.75, 3.05) is 46.5 Å². The molecule has 0 bridgehead atoms. The van der Waals surface area contributed by atoms with Crippen molar-refractivity contribution in [2.45, 2.75) is 48.9 Å². The van der Waals surface area contributed by atoms with E-state index < -0.39 is 21.8 Å². The average Bonchev–Trinajstić information content (AvgIpc) is 2.74. The van der Waals surface area contributed by atoms with Gasteiger partial charge in [0.15, 0.2) is 0 Å². The molecule has 0 spiro atoms. The molecule has 0 aromatic heterocycles. The predicted molar refractivity (Wildman–Crippen MR) is 106 cm³/mol. The number of nitrogens with zero attached hydrogens (tertiary/aromatic N) is 2. The molecular weight excluding hydrogens is 421 g/mol. The van der Waals surface area contributed by atoms with E-state index in [1.807, 2.05) is 0 Å². The molecule has 1 aliphatic heterocycles. The molecule has 1 aliphatic carbocycles. The Balaban J connectivity index is 1.48. The highest BCUT2D eigenvalue weighted by Gasteiger charge is 2.34. The van der Waals surface area contributed by atoms with Crippen LogP contribution in [-0.4, -0.2) is 76.3 Å². The van der Waals surface area contributed by atoms with Crippen LogP contribution in [0.4, 0.5) is 13.2 Å². The first kappa shape index (κ1) is 23.5. The van der Waals surface area contributed by atoms with Crippen molar-refractivity contribution >= 4 is 10.0 Å². The maximum Gasteiger partial charge on any atom is 0.416 e. The van der Waals surface area contributed by atoms with E-state index in [2.05, 4.69) is 4.90 Å². The molecule has 6 nitrogen and oxygen atoms in total. The van der Waals surface area contributed by atoms with E-state index in [-0.39, 0.29) is 17.0 Å². The van der Waals surface area contributed by atoms with Gasteiger partial charge in [-0.2, -0.15) is 17.5 Å². The molecule has 1 aromatic rings. The normalized spacial score (nSPS) is 24.3. The topological polar surface area (TPSA) is 59.1 Å². The van der Waals surface area contributed by atoms with E-state index in [0.717, 1.165) is 70.0 Å². The third-order valence-corrected chi connectivity index (χ3v) is 7.81. The van der Waals surface area contributed by atoms with Crippen LogP contribution >= 0.6 is 0 Å². The van der Waals surface area contributed by atoms with Crippen LogP contribution in [0.15, 0.2) is 29.2 Å². The lowest BCUT2D eigenvalue weighted by molar-refractivity contribution is -0.137. The number of ether oxygens (including phenoxy) is 2. The van der Waals surface area contributed by atoms with Crippen LogP contribution in [0, 0.1) is 0 Å². The summed E-state index contributed by atoms with van der Waals surface area (Å²) in [5.74, 6) is 0. The molecule has 1 heterocycles. The maximum atomic E-state index is 12.8. The summed E-state index contributed by atoms with van der Waals surface area (Å²) in [5, 5.41) is 0. The van der Waals surface area contributed by atoms with Gasteiger partial charge in [0.05, 0.1) is 36.4 Å². The number of hydrogen-bond acceptors (Lipinski definition) is 5. The number of hydrogen-bond donors (Lipinski definition) is 0. The smallest absolute Gasteiger partial charge is 0.379 e. The van der Waals surface area contributed by atoms with E-state index in [1.165, 1.54) is 11.4 Å². The Hall–Kier alpha value is -1.20. The highest BCUT2D eigenvalue weighted by atomic mass is 32.2. The monoisotopic (exact) mass is 450 g/mol. The Morgan fingerprint density at radius 2 is 1.70 bits per heavy atom. The summed E-state index contributed by atoms with van der Waals surface area (Å²) in [6.45, 7) is 4.86. The fourth-order valence-electron chi connectivity index (χ4n) is 3.93. The van der Waals surface area contributed by atoms with Gasteiger partial charge in [-0.05, 0) is 49.9 Å². The predicted octanol–water partition coefficient (Wildman–Crippen LogP) is 2.99. The number of sulfonamides is 1. The van der Waals surface area contributed by atoms with Gasteiger partial charge in [0.2, 0.25) is 10.0 Å². The fourth-order valence-corrected chi connectivity index (χ4v) is 5.34. The Bertz CT molecular complexity index is 772. The van der Waals surface area contributed by atoms with E-state index in [4.69, 9.17) is 9.47 Å². The molecule has 0 radical (unpaired) electrons. The van der Waals surface area contributed by atoms with Gasteiger partial charge in [0.1, 0.15) is 0 Å². The summed E-state index contributed by atoms with van der Waals surface area (Å²) < 4.78 is 76.4. The van der Waals surface area contributed by atoms with E-state index in [0.29, 0.717) is 19.4 Å². The van der Waals surface area contributed by atoms with Gasteiger partial charge in [-0.3, -0.25) is 4.90 Å². The van der Waals surface area contributed by atoms with Crippen LogP contribution in [0.3, 0.4) is 0 Å². The Kier molecular flexibility index (Phi) is 7.78. The molecular formula is C20H29F3N2O4S. The average molecular weight is 451 g/mol. The lowest BCUT2D eigenvalue weighted by atomic mass is 9.93. The summed E-state index contributed by atoms with van der Waals surface area (Å²) in [4.78, 5) is 2.18. The lowest BCUT2D eigenvalue weighted by Gasteiger charge is -2.34. The fraction of sp³-hybridized carbons (Fsp3) is 0.700. The molecule has 0 unspecified atom stereocenters. The summed E-state index contributed by atoms with van der Waals surface area (Å²) in [7, 11) is -2.35. The summed E-state index contributed by atoms with van der Waals surface area (Å²) >= 11 is 0. The Morgan fingerprint density at radius 3 is 2.27 bits per heavy atom. The third kappa shape index (κ3) is 5.94. The minimum Gasteiger partial charge on any atom is -0.379 e. The molecule has 1 aromatic carbocycles. The summed E-state index contributed by atoms with van der Waals surface area (Å²) in [6, 6.07) is 3.47. The SMILES string of the molecule is CN(C1CCC(OCCN2CCOCC2)CC1)S(=O)(=O)c1ccc(C(F)(F)F)cc1. The van der Waals surface area contributed by atoms with Crippen molar-refractivity contribution in [3.8, 4) is 0 Å². The maximum absolute atomic E-state index is 12.8. The second-order valence-corrected chi connectivity index (χ2v) is 9.80. The molecule has 2 fully saturated rings. The van der Waals surface area contributed by atoms with Crippen molar-refractivity contribution in [2.24, 2.45) is 0 Å². The van der Waals surface area contributed by atoms with Crippen molar-refractivity contribution in [1.29, 1.82) is 0 Å². The van der Waals surface area contributed by atoms with Crippen LogP contribution in [0.2, 0.25) is 0 Å². The number of morpholine rings is 1. The molecule has 30 heavy (non-hydrogen) atoms. The zero-order chi connectivity index (χ0) is 21.8. The zero-order valence-electron chi connectivity index (χ0n) is 17.1. The molecule has 0 amide bonds. The van der Waals surface area contributed by atoms with Crippen LogP contribution < -0.4 is 0 Å². The third-order valence-electron chi connectivity index (χ3n) is 5.88. The van der Waals surface area contributed by atoms with Crippen LogP contribution in [0.1, 0.15) is 31.2 Å². The van der Waals surface area contributed by atoms with Crippen molar-refractivity contribution in [3.05, 3.63) is 29.8 Å². The van der Waals surface area contributed by atoms with Gasteiger partial charge in [-0.15, -0.1) is 0 Å². The largest absolute Gasteiger partial charge is 0.416 e. The summed E-state index contributed by atoms with van der Waals surface area (Å²) in [6.07, 6.45) is -1.52. The van der Waals surface area contributed by atoms with E-state index >= 15 is 0 Å². The first-order valence-electron chi connectivity index (χ1n) is 10.2. The number of rotatable bonds is 7. The molecule has 170 valence electrons. The summed E-state index contributed by atoms with van der Waals surface area (Å²) in [5.41, 5.74) is -0.862. The number of alkyl halides is 3. The van der Waals surface area contributed by atoms with Gasteiger partial charge in [0.25, 0.3) is 0 Å². The Morgan fingerprint density at radius 1 is 1.10 bits per heavy atom. The van der Waals surface area contributed by atoms with Crippen LogP contribution in [-0.2, 0) is 25.7 Å². The van der Waals surface area contributed by atoms with E-state index in [9.17, 15) is 21.6 Å². The minimum atomic E-state index is -4.49. The van der Waals surface area contributed by atoms with Crippen LogP contribution in [0.5, 0.6) is 0 Å². The molecule has 10 heteroatoms. The van der Waals surface area contributed by atoms with Crippen molar-refractivity contribution in [3.63, 3.8) is 0 Å². The lowest BCUT2D eigenvalue weighted by Crippen LogP contribution is -2.41. The first-order chi connectivity index (χ1) is 14.2. The molecule has 2 aliphatic rings. The van der Waals surface area contributed by atoms with Gasteiger partial charge < -0.3 is 9.47 Å². The molecule has 0 N–H and O–H groups in total. The molecule has 1 saturated carbocycles. The molecule has 3 rings (SSSR count). The number of benzene rings is 1. The van der Waals surface area contributed by atoms with Crippen molar-refractivity contribution < 1.29 is 31.1 Å². The van der Waals surface area contributed by atoms with Gasteiger partial charge in [0, 0.05) is 32.7 Å². The highest BCUT2D eigenvalue weighted by molar-refractivity contribution is 7.89. The zero-order valence-corrected chi connectivity index (χ0v) is 17.9. The Labute approximate surface area is 176 Å². The van der Waals surface area contributed by atoms with Gasteiger partial charge in [-0.25, -0.2) is 8.42 Å². The standard InChI is InChI=1S/C20H29F3N2O4S/c1-24(30(26,27)19-8-2-16(3-9-19)20(21,22)23)17-4-6-18(7-5-17)29-15-12-25-10-13-28-14-11-25/h2-3,8-9,17-18H,4-7,10-15H2,1H3. The second kappa shape index (κ2) is 9.95. The molecule has 0 atom stereocenters.